The summed E-state index contributed by atoms with van der Waals surface area (Å²) in [7, 11) is 0. The van der Waals surface area contributed by atoms with Gasteiger partial charge in [-0.05, 0) is 61.7 Å². The predicted molar refractivity (Wildman–Crippen MR) is 217 cm³/mol. The lowest BCUT2D eigenvalue weighted by molar-refractivity contribution is -0.134. The van der Waals surface area contributed by atoms with Crippen molar-refractivity contribution in [3.05, 3.63) is 54.2 Å². The minimum absolute atomic E-state index is 0.0289. The lowest BCUT2D eigenvalue weighted by Gasteiger charge is -2.26. The van der Waals surface area contributed by atoms with Crippen molar-refractivity contribution in [1.82, 2.24) is 46.9 Å². The Morgan fingerprint density at radius 3 is 2.11 bits per heavy atom. The van der Waals surface area contributed by atoms with Crippen molar-refractivity contribution in [2.75, 3.05) is 18.6 Å². The van der Waals surface area contributed by atoms with Crippen molar-refractivity contribution in [2.24, 2.45) is 23.3 Å². The molecular weight excluding hydrogens is 755 g/mol. The van der Waals surface area contributed by atoms with Gasteiger partial charge in [-0.15, -0.1) is 0 Å². The van der Waals surface area contributed by atoms with Crippen LogP contribution in [0.15, 0.2) is 43.0 Å². The van der Waals surface area contributed by atoms with E-state index in [0.717, 1.165) is 16.5 Å². The Morgan fingerprint density at radius 2 is 1.47 bits per heavy atom. The molecule has 12 N–H and O–H groups in total. The Hall–Kier alpha value is -5.43. The number of carbonyl (C=O) groups is 7. The molecule has 0 spiro atoms. The van der Waals surface area contributed by atoms with Gasteiger partial charge in [0.1, 0.15) is 30.2 Å². The van der Waals surface area contributed by atoms with E-state index >= 15 is 0 Å². The molecule has 19 heteroatoms. The summed E-state index contributed by atoms with van der Waals surface area (Å²) in [6.45, 7) is 8.05. The highest BCUT2D eigenvalue weighted by molar-refractivity contribution is 7.98. The van der Waals surface area contributed by atoms with Crippen LogP contribution in [0.3, 0.4) is 0 Å². The number of H-pyrrole nitrogens is 2. The fourth-order valence-electron chi connectivity index (χ4n) is 5.95. The normalized spacial score (nSPS) is 14.5. The molecule has 0 unspecified atom stereocenters. The number of rotatable bonds is 23. The monoisotopic (exact) mass is 811 g/mol. The first-order valence-corrected chi connectivity index (χ1v) is 20.2. The second-order valence-corrected chi connectivity index (χ2v) is 15.7. The van der Waals surface area contributed by atoms with Gasteiger partial charge in [0.25, 0.3) is 0 Å². The summed E-state index contributed by atoms with van der Waals surface area (Å²) in [5, 5.41) is 16.6. The molecule has 0 saturated heterocycles. The smallest absolute Gasteiger partial charge is 0.243 e. The first-order valence-electron chi connectivity index (χ1n) is 18.8. The quantitative estimate of drug-likeness (QED) is 0.0586. The second-order valence-electron chi connectivity index (χ2n) is 14.7. The van der Waals surface area contributed by atoms with Gasteiger partial charge in [0.15, 0.2) is 0 Å². The number of benzene rings is 1. The van der Waals surface area contributed by atoms with Crippen LogP contribution in [0.4, 0.5) is 0 Å². The van der Waals surface area contributed by atoms with Gasteiger partial charge in [-0.2, -0.15) is 11.8 Å². The molecule has 3 rings (SSSR count). The molecule has 6 atom stereocenters. The van der Waals surface area contributed by atoms with E-state index < -0.39 is 90.1 Å². The lowest BCUT2D eigenvalue weighted by Crippen LogP contribution is -2.58. The van der Waals surface area contributed by atoms with E-state index in [1.54, 1.807) is 20.0 Å². The average molecular weight is 812 g/mol. The number of primary amides is 1. The van der Waals surface area contributed by atoms with Gasteiger partial charge in [0.05, 0.1) is 18.9 Å². The molecule has 0 radical (unpaired) electrons. The number of para-hydroxylation sites is 1. The van der Waals surface area contributed by atoms with Gasteiger partial charge in [0.2, 0.25) is 41.4 Å². The van der Waals surface area contributed by atoms with Gasteiger partial charge < -0.3 is 53.3 Å². The first kappa shape index (κ1) is 46.0. The van der Waals surface area contributed by atoms with Crippen LogP contribution in [-0.2, 0) is 46.4 Å². The maximum Gasteiger partial charge on any atom is 0.243 e. The number of thioether (sulfide) groups is 1. The molecule has 1 aromatic carbocycles. The number of hydrogen-bond acceptors (Lipinski definition) is 10. The highest BCUT2D eigenvalue weighted by Crippen LogP contribution is 2.19. The van der Waals surface area contributed by atoms with Crippen molar-refractivity contribution in [2.45, 2.75) is 96.6 Å². The summed E-state index contributed by atoms with van der Waals surface area (Å²) in [5.74, 6) is -4.42. The molecule has 0 fully saturated rings. The maximum atomic E-state index is 13.7. The first-order chi connectivity index (χ1) is 27.0. The van der Waals surface area contributed by atoms with Crippen LogP contribution < -0.4 is 43.4 Å². The van der Waals surface area contributed by atoms with E-state index in [1.165, 1.54) is 31.2 Å². The summed E-state index contributed by atoms with van der Waals surface area (Å²) in [6, 6.07) is 1.38. The van der Waals surface area contributed by atoms with E-state index in [4.69, 9.17) is 11.5 Å². The fraction of sp³-hybridized carbons (Fsp3) is 0.526. The minimum atomic E-state index is -1.20. The molecule has 7 amide bonds. The molecule has 312 valence electrons. The van der Waals surface area contributed by atoms with E-state index in [9.17, 15) is 33.6 Å². The van der Waals surface area contributed by atoms with Crippen LogP contribution in [0, 0.1) is 11.8 Å². The fourth-order valence-corrected chi connectivity index (χ4v) is 6.42. The number of nitrogens with one attached hydrogen (secondary N) is 8. The SMILES string of the molecule is CSCC[C@H](NC(=O)[C@H](CC(C)C)NC(=O)[C@H](Cc1cnc[nH]1)NC(=O)CNC(=O)[C@@H](NC(=O)[C@H](C)NC(=O)[C@@H](N)Cc1c[nH]c2ccccc12)C(C)C)C(N)=O. The summed E-state index contributed by atoms with van der Waals surface area (Å²) >= 11 is 1.49. The highest BCUT2D eigenvalue weighted by Gasteiger charge is 2.31. The third-order valence-corrected chi connectivity index (χ3v) is 9.76. The number of aromatic amines is 2. The molecule has 0 aliphatic heterocycles. The Balaban J connectivity index is 1.60. The van der Waals surface area contributed by atoms with Crippen LogP contribution >= 0.6 is 11.8 Å². The Bertz CT molecular complexity index is 1830. The number of imidazole rings is 1. The topological polar surface area (TPSA) is 288 Å². The zero-order valence-corrected chi connectivity index (χ0v) is 34.1. The zero-order valence-electron chi connectivity index (χ0n) is 33.3. The Kier molecular flexibility index (Phi) is 18.0. The van der Waals surface area contributed by atoms with E-state index in [2.05, 4.69) is 46.9 Å². The molecule has 0 saturated carbocycles. The Morgan fingerprint density at radius 1 is 0.789 bits per heavy atom. The number of amides is 7. The standard InChI is InChI=1S/C38H57N11O7S/c1-20(2)13-29(36(54)47-28(33(40)51)11-12-57-6)48-37(55)30(15-24-17-41-19-44-24)46-31(50)18-43-38(56)32(21(3)4)49-34(52)22(5)45-35(53)26(39)14-23-16-42-27-10-8-7-9-25(23)27/h7-10,16-17,19-22,26,28-30,32,42H,11-15,18,39H2,1-6H3,(H2,40,51)(H,41,44)(H,43,56)(H,45,53)(H,46,50)(H,47,54)(H,48,55)(H,49,52)/t22-,26-,28-,29-,30-,32-/m0/s1. The van der Waals surface area contributed by atoms with Crippen molar-refractivity contribution in [1.29, 1.82) is 0 Å². The average Bonchev–Trinajstić information content (AvgIpc) is 3.83. The van der Waals surface area contributed by atoms with Crippen molar-refractivity contribution in [3.8, 4) is 0 Å². The van der Waals surface area contributed by atoms with Crippen LogP contribution in [0.5, 0.6) is 0 Å². The van der Waals surface area contributed by atoms with E-state index in [0.29, 0.717) is 17.9 Å². The van der Waals surface area contributed by atoms with Crippen LogP contribution in [0.2, 0.25) is 0 Å². The summed E-state index contributed by atoms with van der Waals surface area (Å²) in [6.07, 6.45) is 7.28. The molecule has 18 nitrogen and oxygen atoms in total. The van der Waals surface area contributed by atoms with Gasteiger partial charge in [0, 0.05) is 35.4 Å². The third kappa shape index (κ3) is 14.5. The largest absolute Gasteiger partial charge is 0.368 e. The van der Waals surface area contributed by atoms with Gasteiger partial charge in [-0.3, -0.25) is 33.6 Å². The molecule has 0 aliphatic rings. The van der Waals surface area contributed by atoms with Crippen LogP contribution in [0.25, 0.3) is 10.9 Å². The number of hydrogen-bond donors (Lipinski definition) is 10. The lowest BCUT2D eigenvalue weighted by atomic mass is 10.0. The summed E-state index contributed by atoms with van der Waals surface area (Å²) in [4.78, 5) is 101. The summed E-state index contributed by atoms with van der Waals surface area (Å²) < 4.78 is 0. The summed E-state index contributed by atoms with van der Waals surface area (Å²) in [5.41, 5.74) is 14.0. The van der Waals surface area contributed by atoms with Crippen LogP contribution in [-0.4, -0.2) is 111 Å². The predicted octanol–water partition coefficient (Wildman–Crippen LogP) is -0.496. The van der Waals surface area contributed by atoms with Crippen molar-refractivity contribution in [3.63, 3.8) is 0 Å². The molecule has 3 aromatic rings. The number of carbonyl (C=O) groups excluding carboxylic acids is 7. The zero-order chi connectivity index (χ0) is 42.2. The van der Waals surface area contributed by atoms with Crippen LogP contribution in [0.1, 0.15) is 58.7 Å². The minimum Gasteiger partial charge on any atom is -0.368 e. The number of aromatic nitrogens is 3. The number of nitrogens with two attached hydrogens (primary N) is 2. The third-order valence-electron chi connectivity index (χ3n) is 9.11. The highest BCUT2D eigenvalue weighted by atomic mass is 32.2. The van der Waals surface area contributed by atoms with Gasteiger partial charge >= 0.3 is 0 Å². The molecule has 2 heterocycles. The van der Waals surface area contributed by atoms with Crippen molar-refractivity contribution < 1.29 is 33.6 Å². The Labute approximate surface area is 336 Å². The number of nitrogens with zero attached hydrogens (tertiary/aromatic N) is 1. The molecule has 0 bridgehead atoms. The second kappa shape index (κ2) is 22.3. The van der Waals surface area contributed by atoms with Gasteiger partial charge in [-0.25, -0.2) is 4.98 Å². The molecule has 2 aromatic heterocycles. The van der Waals surface area contributed by atoms with Gasteiger partial charge in [-0.1, -0.05) is 45.9 Å². The van der Waals surface area contributed by atoms with E-state index in [-0.39, 0.29) is 25.2 Å². The maximum absolute atomic E-state index is 13.7. The molecular formula is C38H57N11O7S. The number of fused-ring (bicyclic) bond motifs is 1. The molecule has 57 heavy (non-hydrogen) atoms. The molecule has 0 aliphatic carbocycles. The van der Waals surface area contributed by atoms with E-state index in [1.807, 2.05) is 44.4 Å². The van der Waals surface area contributed by atoms with Crippen molar-refractivity contribution >= 4 is 64.0 Å².